The van der Waals surface area contributed by atoms with Gasteiger partial charge in [0, 0.05) is 5.69 Å². The molecular weight excluding hydrogens is 270 g/mol. The highest BCUT2D eigenvalue weighted by atomic mass is 16.5. The summed E-state index contributed by atoms with van der Waals surface area (Å²) in [6.45, 7) is 0. The summed E-state index contributed by atoms with van der Waals surface area (Å²) in [6.07, 6.45) is 2.96. The van der Waals surface area contributed by atoms with E-state index < -0.39 is 0 Å². The van der Waals surface area contributed by atoms with Gasteiger partial charge in [0.25, 0.3) is 0 Å². The van der Waals surface area contributed by atoms with Crippen LogP contribution in [0, 0.1) is 0 Å². The van der Waals surface area contributed by atoms with Gasteiger partial charge in [0.1, 0.15) is 12.1 Å². The highest BCUT2D eigenvalue weighted by molar-refractivity contribution is 5.84. The standard InChI is InChI=1S/C14H13N5O2/c1-20-10-5-3-9(4-6-10)18-14-12-13(16-8-17-14)15-7-11(19-12)21-2/h3-8H,1-2H3,(H,15,16,17,18). The van der Waals surface area contributed by atoms with Crippen LogP contribution in [0.1, 0.15) is 0 Å². The third-order valence-electron chi connectivity index (χ3n) is 2.88. The number of methoxy groups -OCH3 is 2. The molecule has 2 aromatic heterocycles. The molecule has 7 nitrogen and oxygen atoms in total. The first-order valence-corrected chi connectivity index (χ1v) is 6.23. The van der Waals surface area contributed by atoms with E-state index in [0.29, 0.717) is 22.9 Å². The van der Waals surface area contributed by atoms with Gasteiger partial charge in [-0.15, -0.1) is 0 Å². The maximum Gasteiger partial charge on any atom is 0.232 e. The minimum Gasteiger partial charge on any atom is -0.497 e. The maximum atomic E-state index is 5.13. The fourth-order valence-corrected chi connectivity index (χ4v) is 1.82. The van der Waals surface area contributed by atoms with Gasteiger partial charge in [-0.25, -0.2) is 19.9 Å². The van der Waals surface area contributed by atoms with E-state index in [1.807, 2.05) is 24.3 Å². The van der Waals surface area contributed by atoms with E-state index in [2.05, 4.69) is 25.3 Å². The van der Waals surface area contributed by atoms with E-state index in [9.17, 15) is 0 Å². The van der Waals surface area contributed by atoms with Gasteiger partial charge in [-0.2, -0.15) is 0 Å². The molecule has 0 bridgehead atoms. The lowest BCUT2D eigenvalue weighted by molar-refractivity contribution is 0.397. The molecule has 0 saturated heterocycles. The van der Waals surface area contributed by atoms with Crippen molar-refractivity contribution in [3.05, 3.63) is 36.8 Å². The molecule has 21 heavy (non-hydrogen) atoms. The highest BCUT2D eigenvalue weighted by Crippen LogP contribution is 2.23. The molecule has 0 spiro atoms. The maximum absolute atomic E-state index is 5.13. The van der Waals surface area contributed by atoms with Crippen LogP contribution in [-0.2, 0) is 0 Å². The minimum atomic E-state index is 0.412. The van der Waals surface area contributed by atoms with Crippen LogP contribution >= 0.6 is 0 Å². The van der Waals surface area contributed by atoms with E-state index >= 15 is 0 Å². The second-order valence-corrected chi connectivity index (χ2v) is 4.16. The second kappa shape index (κ2) is 5.58. The molecule has 0 radical (unpaired) electrons. The van der Waals surface area contributed by atoms with Gasteiger partial charge in [-0.1, -0.05) is 0 Å². The molecule has 106 valence electrons. The van der Waals surface area contributed by atoms with Crippen molar-refractivity contribution in [3.63, 3.8) is 0 Å². The average molecular weight is 283 g/mol. The second-order valence-electron chi connectivity index (χ2n) is 4.16. The van der Waals surface area contributed by atoms with E-state index in [1.165, 1.54) is 19.6 Å². The summed E-state index contributed by atoms with van der Waals surface area (Å²) in [4.78, 5) is 16.8. The molecule has 1 N–H and O–H groups in total. The lowest BCUT2D eigenvalue weighted by atomic mass is 10.3. The van der Waals surface area contributed by atoms with Crippen molar-refractivity contribution in [2.45, 2.75) is 0 Å². The summed E-state index contributed by atoms with van der Waals surface area (Å²) < 4.78 is 10.2. The summed E-state index contributed by atoms with van der Waals surface area (Å²) in [5.74, 6) is 1.77. The van der Waals surface area contributed by atoms with Crippen molar-refractivity contribution in [2.75, 3.05) is 19.5 Å². The Labute approximate surface area is 121 Å². The van der Waals surface area contributed by atoms with E-state index in [0.717, 1.165) is 11.4 Å². The predicted molar refractivity (Wildman–Crippen MR) is 78.0 cm³/mol. The number of benzene rings is 1. The number of hydrogen-bond donors (Lipinski definition) is 1. The van der Waals surface area contributed by atoms with E-state index in [4.69, 9.17) is 9.47 Å². The Bertz CT molecular complexity index is 761. The molecule has 7 heteroatoms. The molecular formula is C14H13N5O2. The van der Waals surface area contributed by atoms with Crippen LogP contribution in [0.2, 0.25) is 0 Å². The van der Waals surface area contributed by atoms with Crippen LogP contribution < -0.4 is 14.8 Å². The smallest absolute Gasteiger partial charge is 0.232 e. The lowest BCUT2D eigenvalue weighted by Crippen LogP contribution is -2.00. The monoisotopic (exact) mass is 283 g/mol. The number of nitrogens with one attached hydrogen (secondary N) is 1. The summed E-state index contributed by atoms with van der Waals surface area (Å²) in [6, 6.07) is 7.50. The quantitative estimate of drug-likeness (QED) is 0.785. The fourth-order valence-electron chi connectivity index (χ4n) is 1.82. The van der Waals surface area contributed by atoms with Crippen molar-refractivity contribution < 1.29 is 9.47 Å². The topological polar surface area (TPSA) is 82.0 Å². The Balaban J connectivity index is 1.98. The number of anilines is 2. The Morgan fingerprint density at radius 3 is 2.48 bits per heavy atom. The van der Waals surface area contributed by atoms with Crippen molar-refractivity contribution in [1.82, 2.24) is 19.9 Å². The summed E-state index contributed by atoms with van der Waals surface area (Å²) in [5, 5.41) is 3.18. The SMILES string of the molecule is COc1ccc(Nc2ncnc3ncc(OC)nc23)cc1. The van der Waals surface area contributed by atoms with Crippen molar-refractivity contribution in [1.29, 1.82) is 0 Å². The summed E-state index contributed by atoms with van der Waals surface area (Å²) >= 11 is 0. The van der Waals surface area contributed by atoms with Crippen LogP contribution in [0.25, 0.3) is 11.2 Å². The predicted octanol–water partition coefficient (Wildman–Crippen LogP) is 2.18. The number of fused-ring (bicyclic) bond motifs is 1. The third-order valence-corrected chi connectivity index (χ3v) is 2.88. The van der Waals surface area contributed by atoms with Gasteiger partial charge >= 0.3 is 0 Å². The number of ether oxygens (including phenoxy) is 2. The summed E-state index contributed by atoms with van der Waals surface area (Å²) in [7, 11) is 3.17. The van der Waals surface area contributed by atoms with Gasteiger partial charge in [0.15, 0.2) is 17.0 Å². The van der Waals surface area contributed by atoms with Crippen LogP contribution in [0.3, 0.4) is 0 Å². The molecule has 0 saturated carbocycles. The van der Waals surface area contributed by atoms with Gasteiger partial charge < -0.3 is 14.8 Å². The molecule has 0 atom stereocenters. The van der Waals surface area contributed by atoms with Gasteiger partial charge in [0.2, 0.25) is 5.88 Å². The zero-order valence-electron chi connectivity index (χ0n) is 11.6. The van der Waals surface area contributed by atoms with Crippen LogP contribution in [0.15, 0.2) is 36.8 Å². The zero-order chi connectivity index (χ0) is 14.7. The molecule has 2 heterocycles. The Morgan fingerprint density at radius 2 is 1.76 bits per heavy atom. The normalized spacial score (nSPS) is 10.4. The third kappa shape index (κ3) is 2.66. The van der Waals surface area contributed by atoms with Crippen LogP contribution in [0.5, 0.6) is 11.6 Å². The molecule has 0 aliphatic heterocycles. The van der Waals surface area contributed by atoms with E-state index in [-0.39, 0.29) is 0 Å². The molecule has 1 aromatic carbocycles. The highest BCUT2D eigenvalue weighted by Gasteiger charge is 2.08. The lowest BCUT2D eigenvalue weighted by Gasteiger charge is -2.08. The van der Waals surface area contributed by atoms with Crippen molar-refractivity contribution in [3.8, 4) is 11.6 Å². The number of aromatic nitrogens is 4. The Hall–Kier alpha value is -2.96. The fraction of sp³-hybridized carbons (Fsp3) is 0.143. The van der Waals surface area contributed by atoms with Gasteiger partial charge in [0.05, 0.1) is 20.4 Å². The number of hydrogen-bond acceptors (Lipinski definition) is 7. The van der Waals surface area contributed by atoms with Crippen LogP contribution in [0.4, 0.5) is 11.5 Å². The first-order valence-electron chi connectivity index (χ1n) is 6.23. The van der Waals surface area contributed by atoms with E-state index in [1.54, 1.807) is 7.11 Å². The molecule has 0 amide bonds. The number of rotatable bonds is 4. The molecule has 0 unspecified atom stereocenters. The Morgan fingerprint density at radius 1 is 0.952 bits per heavy atom. The average Bonchev–Trinajstić information content (AvgIpc) is 2.55. The molecule has 3 rings (SSSR count). The zero-order valence-corrected chi connectivity index (χ0v) is 11.6. The largest absolute Gasteiger partial charge is 0.497 e. The van der Waals surface area contributed by atoms with Crippen LogP contribution in [-0.4, -0.2) is 34.2 Å². The molecule has 3 aromatic rings. The molecule has 0 aliphatic rings. The Kier molecular flexibility index (Phi) is 3.46. The van der Waals surface area contributed by atoms with Crippen molar-refractivity contribution in [2.24, 2.45) is 0 Å². The first kappa shape index (κ1) is 13.0. The molecule has 0 fully saturated rings. The minimum absolute atomic E-state index is 0.412. The summed E-state index contributed by atoms with van der Waals surface area (Å²) in [5.41, 5.74) is 1.91. The first-order chi connectivity index (χ1) is 10.3. The van der Waals surface area contributed by atoms with Gasteiger partial charge in [-0.3, -0.25) is 0 Å². The number of nitrogens with zero attached hydrogens (tertiary/aromatic N) is 4. The van der Waals surface area contributed by atoms with Gasteiger partial charge in [-0.05, 0) is 24.3 Å². The molecule has 0 aliphatic carbocycles. The van der Waals surface area contributed by atoms with Crippen molar-refractivity contribution >= 4 is 22.7 Å².